The summed E-state index contributed by atoms with van der Waals surface area (Å²) in [6, 6.07) is 24.5. The Bertz CT molecular complexity index is 1340. The summed E-state index contributed by atoms with van der Waals surface area (Å²) in [6.45, 7) is 0.634. The minimum atomic E-state index is -0.809. The van der Waals surface area contributed by atoms with E-state index in [1.54, 1.807) is 0 Å². The van der Waals surface area contributed by atoms with E-state index in [4.69, 9.17) is 0 Å². The van der Waals surface area contributed by atoms with E-state index in [1.165, 1.54) is 24.3 Å². The molecule has 1 heterocycles. The first-order valence-electron chi connectivity index (χ1n) is 11.1. The van der Waals surface area contributed by atoms with Crippen LogP contribution in [0.25, 0.3) is 0 Å². The maximum absolute atomic E-state index is 13.1. The van der Waals surface area contributed by atoms with Crippen molar-refractivity contribution in [2.24, 2.45) is 0 Å². The SMILES string of the molecule is CN(Cc1ccccc1)C(c1ccccc1)c1nc(C(=O)NCc2ccc(F)cc2)c(O)c(=O)[nH]1. The molecule has 1 unspecified atom stereocenters. The van der Waals surface area contributed by atoms with E-state index in [9.17, 15) is 19.1 Å². The molecule has 0 radical (unpaired) electrons. The van der Waals surface area contributed by atoms with Crippen molar-refractivity contribution in [3.63, 3.8) is 0 Å². The number of aromatic amines is 1. The molecule has 1 amide bonds. The van der Waals surface area contributed by atoms with E-state index in [0.29, 0.717) is 12.1 Å². The van der Waals surface area contributed by atoms with E-state index in [2.05, 4.69) is 15.3 Å². The molecule has 8 heteroatoms. The number of hydrogen-bond donors (Lipinski definition) is 3. The third-order valence-corrected chi connectivity index (χ3v) is 5.58. The summed E-state index contributed by atoms with van der Waals surface area (Å²) in [6.07, 6.45) is 0. The normalized spacial score (nSPS) is 11.9. The maximum Gasteiger partial charge on any atom is 0.293 e. The molecule has 0 aliphatic carbocycles. The summed E-state index contributed by atoms with van der Waals surface area (Å²) in [5.41, 5.74) is 1.40. The van der Waals surface area contributed by atoms with Gasteiger partial charge in [0.1, 0.15) is 11.6 Å². The summed E-state index contributed by atoms with van der Waals surface area (Å²) >= 11 is 0. The number of rotatable bonds is 8. The van der Waals surface area contributed by atoms with Crippen molar-refractivity contribution < 1.29 is 14.3 Å². The number of carbonyl (C=O) groups excluding carboxylic acids is 1. The maximum atomic E-state index is 13.1. The molecule has 0 aliphatic rings. The van der Waals surface area contributed by atoms with Crippen LogP contribution in [0.5, 0.6) is 5.75 Å². The third-order valence-electron chi connectivity index (χ3n) is 5.58. The topological polar surface area (TPSA) is 98.3 Å². The van der Waals surface area contributed by atoms with Crippen LogP contribution in [0.4, 0.5) is 4.39 Å². The van der Waals surface area contributed by atoms with Gasteiger partial charge in [0, 0.05) is 13.1 Å². The summed E-state index contributed by atoms with van der Waals surface area (Å²) in [5, 5.41) is 12.9. The first-order valence-corrected chi connectivity index (χ1v) is 11.1. The van der Waals surface area contributed by atoms with Crippen molar-refractivity contribution in [2.45, 2.75) is 19.1 Å². The minimum absolute atomic E-state index is 0.0817. The lowest BCUT2D eigenvalue weighted by Gasteiger charge is -2.28. The molecule has 4 rings (SSSR count). The predicted octanol–water partition coefficient (Wildman–Crippen LogP) is 3.77. The van der Waals surface area contributed by atoms with Gasteiger partial charge in [0.25, 0.3) is 11.5 Å². The number of nitrogens with zero attached hydrogens (tertiary/aromatic N) is 2. The van der Waals surface area contributed by atoms with Crippen LogP contribution in [0, 0.1) is 5.82 Å². The van der Waals surface area contributed by atoms with E-state index < -0.39 is 23.3 Å². The molecule has 1 aromatic heterocycles. The van der Waals surface area contributed by atoms with Gasteiger partial charge in [-0.15, -0.1) is 0 Å². The van der Waals surface area contributed by atoms with Crippen molar-refractivity contribution in [2.75, 3.05) is 7.05 Å². The van der Waals surface area contributed by atoms with E-state index in [1.807, 2.05) is 72.6 Å². The van der Waals surface area contributed by atoms with Gasteiger partial charge in [-0.2, -0.15) is 0 Å². The number of aromatic nitrogens is 2. The van der Waals surface area contributed by atoms with E-state index in [-0.39, 0.29) is 23.9 Å². The zero-order valence-corrected chi connectivity index (χ0v) is 19.1. The highest BCUT2D eigenvalue weighted by Crippen LogP contribution is 2.27. The molecule has 0 saturated carbocycles. The molecular weight excluding hydrogens is 447 g/mol. The fourth-order valence-corrected chi connectivity index (χ4v) is 3.86. The summed E-state index contributed by atoms with van der Waals surface area (Å²) in [4.78, 5) is 34.5. The Balaban J connectivity index is 1.66. The standard InChI is InChI=1S/C27H25FN4O3/c1-32(17-19-8-4-2-5-9-19)23(20-10-6-3-7-11-20)25-30-22(24(33)27(35)31-25)26(34)29-16-18-12-14-21(28)15-13-18/h2-15,23,33H,16-17H2,1H3,(H,29,34)(H,30,31,35). The van der Waals surface area contributed by atoms with Crippen LogP contribution in [0.1, 0.15) is 39.0 Å². The highest BCUT2D eigenvalue weighted by Gasteiger charge is 2.26. The monoisotopic (exact) mass is 472 g/mol. The number of carbonyl (C=O) groups is 1. The fraction of sp³-hybridized carbons (Fsp3) is 0.148. The van der Waals surface area contributed by atoms with Gasteiger partial charge in [-0.25, -0.2) is 9.37 Å². The number of hydrogen-bond acceptors (Lipinski definition) is 5. The van der Waals surface area contributed by atoms with Crippen LogP contribution in [0.2, 0.25) is 0 Å². The molecule has 1 atom stereocenters. The van der Waals surface area contributed by atoms with Crippen molar-refractivity contribution in [1.29, 1.82) is 0 Å². The van der Waals surface area contributed by atoms with Crippen LogP contribution in [0.3, 0.4) is 0 Å². The number of nitrogens with one attached hydrogen (secondary N) is 2. The first-order chi connectivity index (χ1) is 16.9. The van der Waals surface area contributed by atoms with Crippen LogP contribution in [-0.2, 0) is 13.1 Å². The van der Waals surface area contributed by atoms with Crippen LogP contribution >= 0.6 is 0 Å². The number of halogens is 1. The Labute approximate surface area is 201 Å². The average molecular weight is 473 g/mol. The van der Waals surface area contributed by atoms with Gasteiger partial charge >= 0.3 is 0 Å². The lowest BCUT2D eigenvalue weighted by molar-refractivity contribution is 0.0941. The Morgan fingerprint density at radius 2 is 1.63 bits per heavy atom. The van der Waals surface area contributed by atoms with Gasteiger partial charge in [0.2, 0.25) is 5.75 Å². The van der Waals surface area contributed by atoms with Gasteiger partial charge in [-0.1, -0.05) is 72.8 Å². The molecular formula is C27H25FN4O3. The number of aromatic hydroxyl groups is 1. The first kappa shape index (κ1) is 23.8. The van der Waals surface area contributed by atoms with Gasteiger partial charge in [-0.05, 0) is 35.9 Å². The number of amides is 1. The highest BCUT2D eigenvalue weighted by atomic mass is 19.1. The summed E-state index contributed by atoms with van der Waals surface area (Å²) < 4.78 is 13.1. The van der Waals surface area contributed by atoms with Crippen LogP contribution < -0.4 is 10.9 Å². The number of benzene rings is 3. The van der Waals surface area contributed by atoms with Gasteiger partial charge in [0.15, 0.2) is 5.69 Å². The molecule has 0 spiro atoms. The lowest BCUT2D eigenvalue weighted by Crippen LogP contribution is -2.31. The molecule has 35 heavy (non-hydrogen) atoms. The van der Waals surface area contributed by atoms with Crippen LogP contribution in [0.15, 0.2) is 89.7 Å². The molecule has 3 N–H and O–H groups in total. The zero-order chi connectivity index (χ0) is 24.8. The second-order valence-corrected chi connectivity index (χ2v) is 8.17. The molecule has 4 aromatic rings. The Morgan fingerprint density at radius 3 is 2.29 bits per heavy atom. The van der Waals surface area contributed by atoms with Crippen molar-refractivity contribution >= 4 is 5.91 Å². The zero-order valence-electron chi connectivity index (χ0n) is 19.1. The van der Waals surface area contributed by atoms with Crippen molar-refractivity contribution in [1.82, 2.24) is 20.2 Å². The quantitative estimate of drug-likeness (QED) is 0.363. The van der Waals surface area contributed by atoms with Crippen molar-refractivity contribution in [3.8, 4) is 5.75 Å². The fourth-order valence-electron chi connectivity index (χ4n) is 3.86. The molecule has 178 valence electrons. The van der Waals surface area contributed by atoms with E-state index >= 15 is 0 Å². The van der Waals surface area contributed by atoms with Crippen LogP contribution in [-0.4, -0.2) is 32.9 Å². The second kappa shape index (κ2) is 10.8. The van der Waals surface area contributed by atoms with Gasteiger partial charge in [0.05, 0.1) is 6.04 Å². The highest BCUT2D eigenvalue weighted by molar-refractivity contribution is 5.94. The summed E-state index contributed by atoms with van der Waals surface area (Å²) in [7, 11) is 1.89. The minimum Gasteiger partial charge on any atom is -0.501 e. The average Bonchev–Trinajstić information content (AvgIpc) is 2.87. The molecule has 0 saturated heterocycles. The molecule has 0 fully saturated rings. The second-order valence-electron chi connectivity index (χ2n) is 8.17. The smallest absolute Gasteiger partial charge is 0.293 e. The molecule has 0 bridgehead atoms. The van der Waals surface area contributed by atoms with Gasteiger partial charge < -0.3 is 15.4 Å². The van der Waals surface area contributed by atoms with Crippen molar-refractivity contribution in [3.05, 3.63) is 129 Å². The van der Waals surface area contributed by atoms with Gasteiger partial charge in [-0.3, -0.25) is 14.5 Å². The predicted molar refractivity (Wildman–Crippen MR) is 130 cm³/mol. The molecule has 0 aliphatic heterocycles. The largest absolute Gasteiger partial charge is 0.501 e. The Morgan fingerprint density at radius 1 is 1.00 bits per heavy atom. The van der Waals surface area contributed by atoms with E-state index in [0.717, 1.165) is 11.1 Å². The Hall–Kier alpha value is -4.30. The molecule has 7 nitrogen and oxygen atoms in total. The number of H-pyrrole nitrogens is 1. The summed E-state index contributed by atoms with van der Waals surface area (Å²) in [5.74, 6) is -1.63. The molecule has 3 aromatic carbocycles. The lowest BCUT2D eigenvalue weighted by atomic mass is 10.0. The third kappa shape index (κ3) is 5.80. The Kier molecular flexibility index (Phi) is 7.32.